The van der Waals surface area contributed by atoms with E-state index in [9.17, 15) is 4.79 Å². The van der Waals surface area contributed by atoms with Gasteiger partial charge in [0, 0.05) is 12.6 Å². The molecule has 0 saturated heterocycles. The average molecular weight is 274 g/mol. The lowest BCUT2D eigenvalue weighted by Crippen LogP contribution is -2.22. The van der Waals surface area contributed by atoms with Crippen LogP contribution in [-0.2, 0) is 6.54 Å². The van der Waals surface area contributed by atoms with Crippen molar-refractivity contribution < 1.29 is 13.7 Å². The molecule has 0 radical (unpaired) electrons. The molecule has 0 saturated carbocycles. The summed E-state index contributed by atoms with van der Waals surface area (Å²) in [7, 11) is 0. The minimum atomic E-state index is -0.271. The number of thiophene rings is 1. The Kier molecular flexibility index (Phi) is 3.16. The average Bonchev–Trinajstić information content (AvgIpc) is 3.14. The number of hydrogen-bond acceptors (Lipinski definition) is 5. The summed E-state index contributed by atoms with van der Waals surface area (Å²) in [5.74, 6) is 0.711. The fraction of sp³-hybridized carbons (Fsp3) is 0.0769. The van der Waals surface area contributed by atoms with Crippen molar-refractivity contribution in [2.24, 2.45) is 0 Å². The fourth-order valence-electron chi connectivity index (χ4n) is 1.58. The molecule has 0 bridgehead atoms. The first-order valence-corrected chi connectivity index (χ1v) is 6.57. The number of nitrogens with zero attached hydrogens (tertiary/aromatic N) is 1. The van der Waals surface area contributed by atoms with Crippen LogP contribution in [0.1, 0.15) is 16.1 Å². The predicted octanol–water partition coefficient (Wildman–Crippen LogP) is 2.93. The van der Waals surface area contributed by atoms with E-state index in [2.05, 4.69) is 10.5 Å². The maximum atomic E-state index is 11.9. The van der Waals surface area contributed by atoms with Crippen LogP contribution >= 0.6 is 11.3 Å². The van der Waals surface area contributed by atoms with Crippen molar-refractivity contribution in [3.63, 3.8) is 0 Å². The van der Waals surface area contributed by atoms with Crippen LogP contribution in [0.25, 0.3) is 11.5 Å². The van der Waals surface area contributed by atoms with Gasteiger partial charge in [-0.25, -0.2) is 0 Å². The zero-order valence-corrected chi connectivity index (χ0v) is 10.6. The van der Waals surface area contributed by atoms with Crippen molar-refractivity contribution in [2.45, 2.75) is 6.54 Å². The highest BCUT2D eigenvalue weighted by atomic mass is 32.1. The second-order valence-electron chi connectivity index (χ2n) is 3.87. The first-order chi connectivity index (χ1) is 9.33. The first kappa shape index (κ1) is 11.7. The molecule has 3 rings (SSSR count). The molecule has 0 aliphatic rings. The topological polar surface area (TPSA) is 68.3 Å². The smallest absolute Gasteiger partial charge is 0.273 e. The molecule has 0 fully saturated rings. The van der Waals surface area contributed by atoms with E-state index in [1.807, 2.05) is 16.8 Å². The van der Waals surface area contributed by atoms with E-state index in [-0.39, 0.29) is 11.6 Å². The summed E-state index contributed by atoms with van der Waals surface area (Å²) in [6.45, 7) is 0.477. The summed E-state index contributed by atoms with van der Waals surface area (Å²) < 4.78 is 10.2. The highest BCUT2D eigenvalue weighted by Gasteiger charge is 2.14. The molecule has 0 spiro atoms. The van der Waals surface area contributed by atoms with Gasteiger partial charge in [-0.15, -0.1) is 0 Å². The van der Waals surface area contributed by atoms with Crippen molar-refractivity contribution in [3.05, 3.63) is 52.5 Å². The van der Waals surface area contributed by atoms with Crippen LogP contribution in [-0.4, -0.2) is 11.1 Å². The molecule has 0 aliphatic carbocycles. The number of carbonyl (C=O) groups excluding carboxylic acids is 1. The lowest BCUT2D eigenvalue weighted by Gasteiger charge is -1.99. The van der Waals surface area contributed by atoms with Crippen molar-refractivity contribution in [3.8, 4) is 11.5 Å². The Balaban J connectivity index is 1.67. The Morgan fingerprint density at radius 2 is 2.32 bits per heavy atom. The van der Waals surface area contributed by atoms with Crippen LogP contribution < -0.4 is 5.32 Å². The maximum absolute atomic E-state index is 11.9. The standard InChI is InChI=1S/C13H10N2O3S/c16-13(14-7-9-3-5-19-8-9)10-6-12(18-15-10)11-2-1-4-17-11/h1-6,8H,7H2,(H,14,16). The van der Waals surface area contributed by atoms with E-state index in [0.717, 1.165) is 5.56 Å². The van der Waals surface area contributed by atoms with Crippen LogP contribution in [0, 0.1) is 0 Å². The highest BCUT2D eigenvalue weighted by molar-refractivity contribution is 7.07. The monoisotopic (exact) mass is 274 g/mol. The van der Waals surface area contributed by atoms with Crippen molar-refractivity contribution >= 4 is 17.2 Å². The zero-order chi connectivity index (χ0) is 13.1. The van der Waals surface area contributed by atoms with E-state index in [0.29, 0.717) is 18.1 Å². The van der Waals surface area contributed by atoms with Crippen molar-refractivity contribution in [2.75, 3.05) is 0 Å². The normalized spacial score (nSPS) is 10.5. The van der Waals surface area contributed by atoms with E-state index in [4.69, 9.17) is 8.94 Å². The summed E-state index contributed by atoms with van der Waals surface area (Å²) in [6.07, 6.45) is 1.54. The van der Waals surface area contributed by atoms with Gasteiger partial charge >= 0.3 is 0 Å². The molecule has 6 heteroatoms. The molecule has 0 aromatic carbocycles. The molecule has 0 unspecified atom stereocenters. The summed E-state index contributed by atoms with van der Waals surface area (Å²) in [4.78, 5) is 11.9. The van der Waals surface area contributed by atoms with Gasteiger partial charge < -0.3 is 14.3 Å². The van der Waals surface area contributed by atoms with Crippen LogP contribution in [0.2, 0.25) is 0 Å². The van der Waals surface area contributed by atoms with E-state index < -0.39 is 0 Å². The van der Waals surface area contributed by atoms with Gasteiger partial charge in [0.05, 0.1) is 6.26 Å². The minimum Gasteiger partial charge on any atom is -0.461 e. The molecule has 5 nitrogen and oxygen atoms in total. The second-order valence-corrected chi connectivity index (χ2v) is 4.65. The third-order valence-corrected chi connectivity index (χ3v) is 3.27. The Bertz CT molecular complexity index is 656. The number of carbonyl (C=O) groups is 1. The van der Waals surface area contributed by atoms with Gasteiger partial charge in [0.2, 0.25) is 5.76 Å². The zero-order valence-electron chi connectivity index (χ0n) is 9.83. The second kappa shape index (κ2) is 5.11. The third-order valence-electron chi connectivity index (χ3n) is 2.54. The molecule has 3 heterocycles. The minimum absolute atomic E-state index is 0.238. The Morgan fingerprint density at radius 3 is 3.05 bits per heavy atom. The van der Waals surface area contributed by atoms with Gasteiger partial charge in [-0.3, -0.25) is 4.79 Å². The van der Waals surface area contributed by atoms with Gasteiger partial charge in [0.15, 0.2) is 11.5 Å². The largest absolute Gasteiger partial charge is 0.461 e. The number of aromatic nitrogens is 1. The van der Waals surface area contributed by atoms with Crippen LogP contribution in [0.4, 0.5) is 0 Å². The fourth-order valence-corrected chi connectivity index (χ4v) is 2.25. The number of hydrogen-bond donors (Lipinski definition) is 1. The molecule has 0 aliphatic heterocycles. The number of amides is 1. The number of furan rings is 1. The Labute approximate surface area is 112 Å². The Morgan fingerprint density at radius 1 is 1.37 bits per heavy atom. The van der Waals surface area contributed by atoms with Gasteiger partial charge in [-0.1, -0.05) is 5.16 Å². The SMILES string of the molecule is O=C(NCc1ccsc1)c1cc(-c2ccco2)on1. The summed E-state index contributed by atoms with van der Waals surface area (Å²) in [5.41, 5.74) is 1.30. The number of rotatable bonds is 4. The summed E-state index contributed by atoms with van der Waals surface area (Å²) in [6, 6.07) is 7.01. The maximum Gasteiger partial charge on any atom is 0.273 e. The molecule has 1 amide bonds. The molecule has 96 valence electrons. The quantitative estimate of drug-likeness (QED) is 0.794. The first-order valence-electron chi connectivity index (χ1n) is 5.63. The van der Waals surface area contributed by atoms with E-state index >= 15 is 0 Å². The van der Waals surface area contributed by atoms with Gasteiger partial charge in [-0.2, -0.15) is 11.3 Å². The molecule has 0 atom stereocenters. The van der Waals surface area contributed by atoms with Gasteiger partial charge in [-0.05, 0) is 34.5 Å². The van der Waals surface area contributed by atoms with Crippen LogP contribution in [0.3, 0.4) is 0 Å². The summed E-state index contributed by atoms with van der Waals surface area (Å²) >= 11 is 1.59. The molecule has 3 aromatic rings. The van der Waals surface area contributed by atoms with Crippen molar-refractivity contribution in [1.82, 2.24) is 10.5 Å². The van der Waals surface area contributed by atoms with Gasteiger partial charge in [0.25, 0.3) is 5.91 Å². The van der Waals surface area contributed by atoms with Crippen LogP contribution in [0.5, 0.6) is 0 Å². The van der Waals surface area contributed by atoms with E-state index in [1.54, 1.807) is 29.5 Å². The lowest BCUT2D eigenvalue weighted by atomic mass is 10.3. The third kappa shape index (κ3) is 2.58. The Hall–Kier alpha value is -2.34. The highest BCUT2D eigenvalue weighted by Crippen LogP contribution is 2.20. The molecule has 1 N–H and O–H groups in total. The molecule has 19 heavy (non-hydrogen) atoms. The molecular weight excluding hydrogens is 264 g/mol. The van der Waals surface area contributed by atoms with Crippen LogP contribution in [0.15, 0.2) is 50.2 Å². The molecule has 3 aromatic heterocycles. The van der Waals surface area contributed by atoms with E-state index in [1.165, 1.54) is 6.26 Å². The lowest BCUT2D eigenvalue weighted by molar-refractivity contribution is 0.0942. The number of nitrogens with one attached hydrogen (secondary N) is 1. The summed E-state index contributed by atoms with van der Waals surface area (Å²) in [5, 5.41) is 10.5. The van der Waals surface area contributed by atoms with Crippen molar-refractivity contribution in [1.29, 1.82) is 0 Å². The molecular formula is C13H10N2O3S. The van der Waals surface area contributed by atoms with Gasteiger partial charge in [0.1, 0.15) is 0 Å². The predicted molar refractivity (Wildman–Crippen MR) is 69.7 cm³/mol.